The van der Waals surface area contributed by atoms with Gasteiger partial charge in [0, 0.05) is 11.3 Å². The Hall–Kier alpha value is -4.95. The molecular formula is C36H35ClN4O4. The van der Waals surface area contributed by atoms with E-state index in [-0.39, 0.29) is 24.0 Å². The van der Waals surface area contributed by atoms with Gasteiger partial charge >= 0.3 is 0 Å². The minimum Gasteiger partial charge on any atom is -0.494 e. The van der Waals surface area contributed by atoms with E-state index in [1.54, 1.807) is 36.5 Å². The van der Waals surface area contributed by atoms with Crippen LogP contribution in [-0.2, 0) is 4.79 Å². The summed E-state index contributed by atoms with van der Waals surface area (Å²) in [5.74, 6) is 1.48. The second kappa shape index (κ2) is 13.8. The molecule has 0 saturated heterocycles. The number of anilines is 1. The molecule has 0 saturated carbocycles. The Morgan fingerprint density at radius 3 is 2.47 bits per heavy atom. The van der Waals surface area contributed by atoms with E-state index in [1.165, 1.54) is 4.68 Å². The van der Waals surface area contributed by atoms with Gasteiger partial charge in [-0.25, -0.2) is 4.98 Å². The van der Waals surface area contributed by atoms with Crippen molar-refractivity contribution in [2.45, 2.75) is 40.5 Å². The molecule has 0 atom stereocenters. The molecule has 0 aliphatic heterocycles. The Kier molecular flexibility index (Phi) is 9.64. The third-order valence-corrected chi connectivity index (χ3v) is 7.62. The van der Waals surface area contributed by atoms with Gasteiger partial charge in [-0.1, -0.05) is 55.8 Å². The maximum absolute atomic E-state index is 13.8. The second-order valence-electron chi connectivity index (χ2n) is 10.9. The fourth-order valence-electron chi connectivity index (χ4n) is 4.96. The molecule has 1 aromatic heterocycles. The smallest absolute Gasteiger partial charge is 0.282 e. The first-order valence-electron chi connectivity index (χ1n) is 14.8. The van der Waals surface area contributed by atoms with Gasteiger partial charge in [0.2, 0.25) is 0 Å². The number of carbonyl (C=O) groups is 1. The van der Waals surface area contributed by atoms with Gasteiger partial charge in [-0.3, -0.25) is 9.59 Å². The average molecular weight is 623 g/mol. The average Bonchev–Trinajstić information content (AvgIpc) is 3.01. The Labute approximate surface area is 267 Å². The number of fused-ring (bicyclic) bond motifs is 1. The van der Waals surface area contributed by atoms with Crippen molar-refractivity contribution in [3.8, 4) is 22.9 Å². The molecule has 1 heterocycles. The number of hydrogen-bond donors (Lipinski definition) is 1. The number of halogens is 1. The lowest BCUT2D eigenvalue weighted by Crippen LogP contribution is -2.21. The van der Waals surface area contributed by atoms with Crippen molar-refractivity contribution in [3.05, 3.63) is 116 Å². The Balaban J connectivity index is 1.46. The summed E-state index contributed by atoms with van der Waals surface area (Å²) in [7, 11) is 0. The maximum Gasteiger partial charge on any atom is 0.282 e. The number of amides is 1. The normalized spacial score (nSPS) is 11.4. The van der Waals surface area contributed by atoms with E-state index in [1.807, 2.05) is 69.3 Å². The first-order chi connectivity index (χ1) is 21.7. The zero-order valence-corrected chi connectivity index (χ0v) is 26.7. The molecule has 1 amide bonds. The first kappa shape index (κ1) is 31.5. The summed E-state index contributed by atoms with van der Waals surface area (Å²) in [6, 6.07) is 23.8. The van der Waals surface area contributed by atoms with E-state index >= 15 is 0 Å². The van der Waals surface area contributed by atoms with E-state index < -0.39 is 0 Å². The fraction of sp³-hybridized carbons (Fsp3) is 0.222. The standard InChI is InChI=1S/C36H35ClN4O4/c1-6-44-33-17-24(5)28(19-27(33)22(2)3)35-40-31-14-10-8-12-26(31)36(43)41(35)38-20-25-15-16-32(29(37)18-25)45-21-34(42)39-30-13-9-7-11-23(30)4/h7-20,22H,6,21H2,1-5H3,(H,39,42). The molecule has 0 aliphatic rings. The monoisotopic (exact) mass is 622 g/mol. The molecule has 0 radical (unpaired) electrons. The van der Waals surface area contributed by atoms with E-state index in [0.29, 0.717) is 39.7 Å². The maximum atomic E-state index is 13.8. The van der Waals surface area contributed by atoms with Gasteiger partial charge in [0.05, 0.1) is 28.7 Å². The predicted octanol–water partition coefficient (Wildman–Crippen LogP) is 7.76. The lowest BCUT2D eigenvalue weighted by atomic mass is 9.96. The number of rotatable bonds is 10. The Morgan fingerprint density at radius 1 is 0.978 bits per heavy atom. The van der Waals surface area contributed by atoms with Crippen LogP contribution in [0.4, 0.5) is 5.69 Å². The summed E-state index contributed by atoms with van der Waals surface area (Å²) in [6.07, 6.45) is 1.55. The largest absolute Gasteiger partial charge is 0.494 e. The van der Waals surface area contributed by atoms with Crippen molar-refractivity contribution < 1.29 is 14.3 Å². The van der Waals surface area contributed by atoms with E-state index in [4.69, 9.17) is 26.1 Å². The minimum absolute atomic E-state index is 0.187. The number of nitrogens with one attached hydrogen (secondary N) is 1. The predicted molar refractivity (Wildman–Crippen MR) is 181 cm³/mol. The fourth-order valence-corrected chi connectivity index (χ4v) is 5.20. The van der Waals surface area contributed by atoms with Crippen LogP contribution in [0.25, 0.3) is 22.3 Å². The van der Waals surface area contributed by atoms with Gasteiger partial charge in [0.1, 0.15) is 11.5 Å². The van der Waals surface area contributed by atoms with Crippen molar-refractivity contribution in [2.75, 3.05) is 18.5 Å². The number of nitrogens with zero attached hydrogens (tertiary/aromatic N) is 3. The molecule has 45 heavy (non-hydrogen) atoms. The summed E-state index contributed by atoms with van der Waals surface area (Å²) < 4.78 is 12.9. The summed E-state index contributed by atoms with van der Waals surface area (Å²) >= 11 is 6.51. The minimum atomic E-state index is -0.299. The van der Waals surface area contributed by atoms with Crippen LogP contribution >= 0.6 is 11.6 Å². The molecular weight excluding hydrogens is 588 g/mol. The summed E-state index contributed by atoms with van der Waals surface area (Å²) in [4.78, 5) is 31.1. The number of aryl methyl sites for hydroxylation is 2. The van der Waals surface area contributed by atoms with Crippen LogP contribution in [0.2, 0.25) is 5.02 Å². The van der Waals surface area contributed by atoms with Crippen molar-refractivity contribution >= 4 is 40.3 Å². The van der Waals surface area contributed by atoms with E-state index in [0.717, 1.165) is 33.7 Å². The number of ether oxygens (including phenoxy) is 2. The third-order valence-electron chi connectivity index (χ3n) is 7.33. The molecule has 5 aromatic rings. The third kappa shape index (κ3) is 7.07. The molecule has 8 nitrogen and oxygen atoms in total. The topological polar surface area (TPSA) is 94.8 Å². The quantitative estimate of drug-likeness (QED) is 0.161. The summed E-state index contributed by atoms with van der Waals surface area (Å²) in [5, 5.41) is 8.19. The van der Waals surface area contributed by atoms with Crippen LogP contribution in [0.15, 0.2) is 88.8 Å². The molecule has 5 rings (SSSR count). The van der Waals surface area contributed by atoms with Crippen molar-refractivity contribution in [1.82, 2.24) is 9.66 Å². The van der Waals surface area contributed by atoms with Crippen LogP contribution in [0.3, 0.4) is 0 Å². The molecule has 230 valence electrons. The van der Waals surface area contributed by atoms with Crippen LogP contribution in [0.5, 0.6) is 11.5 Å². The van der Waals surface area contributed by atoms with E-state index in [9.17, 15) is 9.59 Å². The molecule has 1 N–H and O–H groups in total. The van der Waals surface area contributed by atoms with Gasteiger partial charge in [-0.05, 0) is 97.5 Å². The molecule has 0 fully saturated rings. The second-order valence-corrected chi connectivity index (χ2v) is 11.4. The SMILES string of the molecule is CCOc1cc(C)c(-c2nc3ccccc3c(=O)n2N=Cc2ccc(OCC(=O)Nc3ccccc3C)c(Cl)c2)cc1C(C)C. The summed E-state index contributed by atoms with van der Waals surface area (Å²) in [6.45, 7) is 10.4. The van der Waals surface area contributed by atoms with Crippen LogP contribution in [0, 0.1) is 13.8 Å². The number of carbonyl (C=O) groups excluding carboxylic acids is 1. The number of para-hydroxylation sites is 2. The zero-order valence-electron chi connectivity index (χ0n) is 25.9. The lowest BCUT2D eigenvalue weighted by Gasteiger charge is -2.18. The highest BCUT2D eigenvalue weighted by Gasteiger charge is 2.19. The highest BCUT2D eigenvalue weighted by Crippen LogP contribution is 2.34. The molecule has 0 unspecified atom stereocenters. The number of hydrogen-bond acceptors (Lipinski definition) is 6. The highest BCUT2D eigenvalue weighted by atomic mass is 35.5. The first-order valence-corrected chi connectivity index (χ1v) is 15.2. The number of aromatic nitrogens is 2. The summed E-state index contributed by atoms with van der Waals surface area (Å²) in [5.41, 5.74) is 5.31. The van der Waals surface area contributed by atoms with Gasteiger partial charge in [0.15, 0.2) is 12.4 Å². The highest BCUT2D eigenvalue weighted by molar-refractivity contribution is 6.32. The molecule has 0 spiro atoms. The molecule has 9 heteroatoms. The van der Waals surface area contributed by atoms with Crippen molar-refractivity contribution in [3.63, 3.8) is 0 Å². The number of benzene rings is 4. The van der Waals surface area contributed by atoms with Crippen LogP contribution < -0.4 is 20.3 Å². The van der Waals surface area contributed by atoms with E-state index in [2.05, 4.69) is 24.3 Å². The van der Waals surface area contributed by atoms with Gasteiger partial charge in [-0.15, -0.1) is 0 Å². The molecule has 0 bridgehead atoms. The molecule has 0 aliphatic carbocycles. The van der Waals surface area contributed by atoms with Gasteiger partial charge < -0.3 is 14.8 Å². The van der Waals surface area contributed by atoms with Crippen LogP contribution in [-0.4, -0.2) is 35.0 Å². The van der Waals surface area contributed by atoms with Crippen molar-refractivity contribution in [1.29, 1.82) is 0 Å². The Morgan fingerprint density at radius 2 is 1.73 bits per heavy atom. The Bertz CT molecular complexity index is 1970. The van der Waals surface area contributed by atoms with Gasteiger partial charge in [-0.2, -0.15) is 9.78 Å². The lowest BCUT2D eigenvalue weighted by molar-refractivity contribution is -0.118. The zero-order chi connectivity index (χ0) is 32.1. The molecule has 4 aromatic carbocycles. The van der Waals surface area contributed by atoms with Gasteiger partial charge in [0.25, 0.3) is 11.5 Å². The van der Waals surface area contributed by atoms with Crippen molar-refractivity contribution in [2.24, 2.45) is 5.10 Å². The van der Waals surface area contributed by atoms with Crippen LogP contribution in [0.1, 0.15) is 48.9 Å².